The van der Waals surface area contributed by atoms with Gasteiger partial charge in [0.25, 0.3) is 0 Å². The van der Waals surface area contributed by atoms with Crippen molar-refractivity contribution >= 4 is 21.2 Å². The summed E-state index contributed by atoms with van der Waals surface area (Å²) in [7, 11) is -3.64. The average molecular weight is 312 g/mol. The highest BCUT2D eigenvalue weighted by Gasteiger charge is 2.33. The van der Waals surface area contributed by atoms with Gasteiger partial charge in [0.2, 0.25) is 0 Å². The number of nitro groups is 1. The zero-order chi connectivity index (χ0) is 15.8. The molecule has 1 heterocycles. The minimum atomic E-state index is -3.64. The number of para-hydroxylation sites is 1. The summed E-state index contributed by atoms with van der Waals surface area (Å²) in [6.07, 6.45) is 3.00. The Morgan fingerprint density at radius 2 is 2.00 bits per heavy atom. The van der Waals surface area contributed by atoms with E-state index in [1.54, 1.807) is 12.1 Å². The van der Waals surface area contributed by atoms with Gasteiger partial charge in [0, 0.05) is 19.3 Å². The summed E-state index contributed by atoms with van der Waals surface area (Å²) in [5, 5.41) is 11.4. The van der Waals surface area contributed by atoms with Crippen LogP contribution < -0.4 is 4.90 Å². The van der Waals surface area contributed by atoms with Crippen molar-refractivity contribution in [3.05, 3.63) is 28.3 Å². The van der Waals surface area contributed by atoms with Gasteiger partial charge in [0.15, 0.2) is 9.84 Å². The molecule has 2 rings (SSSR count). The number of sulfone groups is 1. The molecular weight excluding hydrogens is 292 g/mol. The van der Waals surface area contributed by atoms with Crippen molar-refractivity contribution in [1.29, 1.82) is 0 Å². The van der Waals surface area contributed by atoms with Crippen LogP contribution in [0.1, 0.15) is 26.7 Å². The van der Waals surface area contributed by atoms with Crippen molar-refractivity contribution in [3.8, 4) is 0 Å². The van der Waals surface area contributed by atoms with Crippen LogP contribution in [0.5, 0.6) is 0 Å². The summed E-state index contributed by atoms with van der Waals surface area (Å²) in [5.74, 6) is 0. The van der Waals surface area contributed by atoms with Gasteiger partial charge >= 0.3 is 5.69 Å². The van der Waals surface area contributed by atoms with Crippen LogP contribution >= 0.6 is 0 Å². The Morgan fingerprint density at radius 1 is 1.33 bits per heavy atom. The minimum Gasteiger partial charge on any atom is -0.365 e. The number of hydrogen-bond acceptors (Lipinski definition) is 5. The fourth-order valence-electron chi connectivity index (χ4n) is 2.88. The maximum absolute atomic E-state index is 11.8. The summed E-state index contributed by atoms with van der Waals surface area (Å²) in [6, 6.07) is 4.50. The second kappa shape index (κ2) is 5.29. The van der Waals surface area contributed by atoms with Crippen molar-refractivity contribution in [2.24, 2.45) is 5.41 Å². The van der Waals surface area contributed by atoms with E-state index in [2.05, 4.69) is 13.8 Å². The highest BCUT2D eigenvalue weighted by atomic mass is 32.2. The van der Waals surface area contributed by atoms with Gasteiger partial charge in [-0.15, -0.1) is 0 Å². The topological polar surface area (TPSA) is 80.5 Å². The predicted octanol–water partition coefficient (Wildman–Crippen LogP) is 2.62. The molecule has 0 aromatic heterocycles. The zero-order valence-electron chi connectivity index (χ0n) is 12.5. The molecule has 1 aromatic carbocycles. The highest BCUT2D eigenvalue weighted by molar-refractivity contribution is 7.90. The highest BCUT2D eigenvalue weighted by Crippen LogP contribution is 2.38. The molecular formula is C14H20N2O4S. The monoisotopic (exact) mass is 312 g/mol. The Hall–Kier alpha value is -1.63. The van der Waals surface area contributed by atoms with E-state index in [4.69, 9.17) is 0 Å². The summed E-state index contributed by atoms with van der Waals surface area (Å²) < 4.78 is 23.6. The lowest BCUT2D eigenvalue weighted by molar-refractivity contribution is -0.387. The maximum Gasteiger partial charge on any atom is 0.311 e. The molecule has 1 saturated heterocycles. The van der Waals surface area contributed by atoms with Gasteiger partial charge in [0.1, 0.15) is 10.6 Å². The number of anilines is 1. The largest absolute Gasteiger partial charge is 0.365 e. The second-order valence-corrected chi connectivity index (χ2v) is 8.33. The normalized spacial score (nSPS) is 18.5. The molecule has 0 atom stereocenters. The van der Waals surface area contributed by atoms with E-state index < -0.39 is 14.8 Å². The SMILES string of the molecule is CC1(C)CCCN(c2cccc(S(C)(=O)=O)c2[N+](=O)[O-])C1. The molecule has 0 N–H and O–H groups in total. The number of nitro benzene ring substituents is 1. The molecule has 21 heavy (non-hydrogen) atoms. The van der Waals surface area contributed by atoms with Gasteiger partial charge < -0.3 is 4.90 Å². The van der Waals surface area contributed by atoms with E-state index in [0.29, 0.717) is 18.8 Å². The van der Waals surface area contributed by atoms with Crippen LogP contribution in [0.4, 0.5) is 11.4 Å². The van der Waals surface area contributed by atoms with Gasteiger partial charge in [0.05, 0.1) is 4.92 Å². The molecule has 0 bridgehead atoms. The summed E-state index contributed by atoms with van der Waals surface area (Å²) >= 11 is 0. The first-order valence-electron chi connectivity index (χ1n) is 6.84. The first-order valence-corrected chi connectivity index (χ1v) is 8.73. The maximum atomic E-state index is 11.8. The Kier molecular flexibility index (Phi) is 3.97. The number of nitrogens with zero attached hydrogens (tertiary/aromatic N) is 2. The van der Waals surface area contributed by atoms with E-state index in [9.17, 15) is 18.5 Å². The molecule has 6 nitrogen and oxygen atoms in total. The van der Waals surface area contributed by atoms with Crippen LogP contribution in [0.25, 0.3) is 0 Å². The average Bonchev–Trinajstić information content (AvgIpc) is 2.35. The van der Waals surface area contributed by atoms with E-state index in [1.807, 2.05) is 4.90 Å². The van der Waals surface area contributed by atoms with E-state index in [0.717, 1.165) is 19.1 Å². The zero-order valence-corrected chi connectivity index (χ0v) is 13.3. The first kappa shape index (κ1) is 15.8. The Labute approximate surface area is 124 Å². The fraction of sp³-hybridized carbons (Fsp3) is 0.571. The molecule has 0 spiro atoms. The second-order valence-electron chi connectivity index (χ2n) is 6.34. The summed E-state index contributed by atoms with van der Waals surface area (Å²) in [5.41, 5.74) is 0.154. The molecule has 1 aromatic rings. The molecule has 0 aliphatic carbocycles. The first-order chi connectivity index (χ1) is 9.62. The van der Waals surface area contributed by atoms with Crippen LogP contribution in [0.3, 0.4) is 0 Å². The molecule has 0 saturated carbocycles. The van der Waals surface area contributed by atoms with Crippen molar-refractivity contribution in [3.63, 3.8) is 0 Å². The molecule has 0 radical (unpaired) electrons. The molecule has 1 aliphatic rings. The fourth-order valence-corrected chi connectivity index (χ4v) is 3.73. The molecule has 0 amide bonds. The minimum absolute atomic E-state index is 0.0627. The smallest absolute Gasteiger partial charge is 0.311 e. The molecule has 1 fully saturated rings. The standard InChI is InChI=1S/C14H20N2O4S/c1-14(2)8-5-9-15(10-14)11-6-4-7-12(21(3,19)20)13(11)16(17)18/h4,6-7H,5,8-10H2,1-3H3. The van der Waals surface area contributed by atoms with Crippen molar-refractivity contribution in [1.82, 2.24) is 0 Å². The molecule has 0 unspecified atom stereocenters. The number of piperidine rings is 1. The lowest BCUT2D eigenvalue weighted by Gasteiger charge is -2.39. The molecule has 7 heteroatoms. The van der Waals surface area contributed by atoms with Gasteiger partial charge in [-0.2, -0.15) is 0 Å². The third-order valence-corrected chi connectivity index (χ3v) is 4.93. The third-order valence-electron chi connectivity index (χ3n) is 3.80. The lowest BCUT2D eigenvalue weighted by atomic mass is 9.84. The van der Waals surface area contributed by atoms with Crippen LogP contribution in [0.15, 0.2) is 23.1 Å². The third kappa shape index (κ3) is 3.34. The van der Waals surface area contributed by atoms with Crippen LogP contribution in [-0.4, -0.2) is 32.7 Å². The van der Waals surface area contributed by atoms with Crippen LogP contribution in [0, 0.1) is 15.5 Å². The molecule has 116 valence electrons. The quantitative estimate of drug-likeness (QED) is 0.633. The predicted molar refractivity (Wildman–Crippen MR) is 81.4 cm³/mol. The Morgan fingerprint density at radius 3 is 2.52 bits per heavy atom. The van der Waals surface area contributed by atoms with Crippen molar-refractivity contribution in [2.75, 3.05) is 24.2 Å². The summed E-state index contributed by atoms with van der Waals surface area (Å²) in [4.78, 5) is 12.5. The van der Waals surface area contributed by atoms with Gasteiger partial charge in [-0.05, 0) is 30.4 Å². The van der Waals surface area contributed by atoms with E-state index in [-0.39, 0.29) is 16.0 Å². The molecule has 1 aliphatic heterocycles. The van der Waals surface area contributed by atoms with Crippen LogP contribution in [-0.2, 0) is 9.84 Å². The van der Waals surface area contributed by atoms with Crippen LogP contribution in [0.2, 0.25) is 0 Å². The summed E-state index contributed by atoms with van der Waals surface area (Å²) in [6.45, 7) is 5.62. The van der Waals surface area contributed by atoms with E-state index >= 15 is 0 Å². The number of benzene rings is 1. The number of rotatable bonds is 3. The van der Waals surface area contributed by atoms with Gasteiger partial charge in [-0.1, -0.05) is 19.9 Å². The van der Waals surface area contributed by atoms with Crippen molar-refractivity contribution < 1.29 is 13.3 Å². The Bertz CT molecular complexity index is 668. The lowest BCUT2D eigenvalue weighted by Crippen LogP contribution is -2.40. The van der Waals surface area contributed by atoms with E-state index in [1.165, 1.54) is 6.07 Å². The van der Waals surface area contributed by atoms with Crippen molar-refractivity contribution in [2.45, 2.75) is 31.6 Å². The van der Waals surface area contributed by atoms with Gasteiger partial charge in [-0.25, -0.2) is 8.42 Å². The Balaban J connectivity index is 2.57. The number of hydrogen-bond donors (Lipinski definition) is 0. The van der Waals surface area contributed by atoms with Gasteiger partial charge in [-0.3, -0.25) is 10.1 Å².